The molecule has 2 fully saturated rings. The topological polar surface area (TPSA) is 29.3 Å². The van der Waals surface area contributed by atoms with Gasteiger partial charge in [-0.2, -0.15) is 0 Å². The summed E-state index contributed by atoms with van der Waals surface area (Å²) in [7, 11) is 0. The minimum absolute atomic E-state index is 0.427. The van der Waals surface area contributed by atoms with Crippen molar-refractivity contribution in [1.29, 1.82) is 0 Å². The minimum Gasteiger partial charge on any atom is -0.327 e. The molecule has 2 aliphatic rings. The number of nitrogens with zero attached hydrogens (tertiary/aromatic N) is 1. The highest BCUT2D eigenvalue weighted by Gasteiger charge is 2.39. The van der Waals surface area contributed by atoms with Gasteiger partial charge in [0.15, 0.2) is 0 Å². The third kappa shape index (κ3) is 1.59. The van der Waals surface area contributed by atoms with Crippen LogP contribution in [0.3, 0.4) is 0 Å². The first-order valence-electron chi connectivity index (χ1n) is 6.12. The molecule has 1 aliphatic carbocycles. The monoisotopic (exact) mass is 196 g/mol. The molecule has 2 heteroatoms. The number of nitrogens with two attached hydrogens (primary N) is 1. The molecule has 0 aromatic carbocycles. The molecule has 0 aromatic heterocycles. The molecule has 1 heterocycles. The Bertz CT molecular complexity index is 204. The summed E-state index contributed by atoms with van der Waals surface area (Å²) in [6.45, 7) is 8.28. The van der Waals surface area contributed by atoms with Crippen molar-refractivity contribution in [3.63, 3.8) is 0 Å². The first kappa shape index (κ1) is 10.4. The van der Waals surface area contributed by atoms with Crippen LogP contribution in [0.5, 0.6) is 0 Å². The van der Waals surface area contributed by atoms with Gasteiger partial charge in [-0.05, 0) is 38.0 Å². The van der Waals surface area contributed by atoms with Crippen molar-refractivity contribution in [3.8, 4) is 0 Å². The Morgan fingerprint density at radius 1 is 1.07 bits per heavy atom. The van der Waals surface area contributed by atoms with Gasteiger partial charge in [0, 0.05) is 24.7 Å². The van der Waals surface area contributed by atoms with E-state index in [2.05, 4.69) is 25.7 Å². The Balaban J connectivity index is 1.99. The zero-order valence-electron chi connectivity index (χ0n) is 9.74. The minimum atomic E-state index is 0.427. The van der Waals surface area contributed by atoms with E-state index in [0.717, 1.165) is 12.0 Å². The average molecular weight is 196 g/mol. The van der Waals surface area contributed by atoms with Crippen LogP contribution in [0.2, 0.25) is 0 Å². The molecule has 1 aliphatic heterocycles. The van der Waals surface area contributed by atoms with Gasteiger partial charge in [0.1, 0.15) is 0 Å². The number of piperidine rings is 1. The molecule has 0 bridgehead atoms. The fourth-order valence-corrected chi connectivity index (χ4v) is 3.03. The number of hydrogen-bond donors (Lipinski definition) is 1. The molecule has 1 saturated heterocycles. The van der Waals surface area contributed by atoms with Gasteiger partial charge in [-0.15, -0.1) is 0 Å². The lowest BCUT2D eigenvalue weighted by molar-refractivity contribution is -0.00748. The molecule has 1 saturated carbocycles. The van der Waals surface area contributed by atoms with E-state index < -0.39 is 0 Å². The molecule has 14 heavy (non-hydrogen) atoms. The Morgan fingerprint density at radius 3 is 2.29 bits per heavy atom. The van der Waals surface area contributed by atoms with E-state index in [1.165, 1.54) is 25.8 Å². The quantitative estimate of drug-likeness (QED) is 0.693. The zero-order valence-corrected chi connectivity index (χ0v) is 9.74. The van der Waals surface area contributed by atoms with E-state index in [4.69, 9.17) is 5.73 Å². The van der Waals surface area contributed by atoms with Crippen LogP contribution >= 0.6 is 0 Å². The van der Waals surface area contributed by atoms with Crippen LogP contribution in [0.1, 0.15) is 40.0 Å². The van der Waals surface area contributed by atoms with Crippen molar-refractivity contribution in [2.45, 2.75) is 58.2 Å². The van der Waals surface area contributed by atoms with E-state index >= 15 is 0 Å². The zero-order chi connectivity index (χ0) is 10.3. The normalized spacial score (nSPS) is 50.1. The number of hydrogen-bond acceptors (Lipinski definition) is 2. The fourth-order valence-electron chi connectivity index (χ4n) is 3.03. The first-order valence-corrected chi connectivity index (χ1v) is 6.12. The molecule has 5 unspecified atom stereocenters. The lowest BCUT2D eigenvalue weighted by atomic mass is 9.76. The smallest absolute Gasteiger partial charge is 0.0124 e. The van der Waals surface area contributed by atoms with E-state index in [9.17, 15) is 0 Å². The van der Waals surface area contributed by atoms with Crippen LogP contribution < -0.4 is 5.73 Å². The summed E-state index contributed by atoms with van der Waals surface area (Å²) in [6, 6.07) is 1.98. The summed E-state index contributed by atoms with van der Waals surface area (Å²) < 4.78 is 0. The van der Waals surface area contributed by atoms with Crippen LogP contribution in [-0.4, -0.2) is 29.6 Å². The molecular weight excluding hydrogens is 172 g/mol. The van der Waals surface area contributed by atoms with Crippen LogP contribution in [0.15, 0.2) is 0 Å². The van der Waals surface area contributed by atoms with Crippen LogP contribution in [0.4, 0.5) is 0 Å². The van der Waals surface area contributed by atoms with Gasteiger partial charge in [-0.3, -0.25) is 4.90 Å². The van der Waals surface area contributed by atoms with E-state index in [0.29, 0.717) is 18.0 Å². The number of rotatable bonds is 1. The second kappa shape index (κ2) is 3.82. The molecule has 0 aromatic rings. The summed E-state index contributed by atoms with van der Waals surface area (Å²) in [5.74, 6) is 1.58. The Kier molecular flexibility index (Phi) is 2.85. The third-order valence-electron chi connectivity index (χ3n) is 4.68. The van der Waals surface area contributed by atoms with Crippen molar-refractivity contribution >= 4 is 0 Å². The van der Waals surface area contributed by atoms with Crippen LogP contribution in [0.25, 0.3) is 0 Å². The second-order valence-corrected chi connectivity index (χ2v) is 5.41. The molecule has 0 amide bonds. The highest BCUT2D eigenvalue weighted by Crippen LogP contribution is 2.36. The van der Waals surface area contributed by atoms with Crippen LogP contribution in [-0.2, 0) is 0 Å². The summed E-state index contributed by atoms with van der Waals surface area (Å²) in [4.78, 5) is 2.71. The number of likely N-dealkylation sites (tertiary alicyclic amines) is 1. The third-order valence-corrected chi connectivity index (χ3v) is 4.68. The Labute approximate surface area is 87.8 Å². The standard InChI is InChI=1S/C12H24N2/c1-8-4-5-12(8)14-7-6-11(13)9(2)10(14)3/h8-12H,4-7,13H2,1-3H3. The summed E-state index contributed by atoms with van der Waals surface area (Å²) in [5.41, 5.74) is 6.10. The molecule has 2 N–H and O–H groups in total. The Hall–Kier alpha value is -0.0800. The van der Waals surface area contributed by atoms with Crippen molar-refractivity contribution in [3.05, 3.63) is 0 Å². The lowest BCUT2D eigenvalue weighted by Crippen LogP contribution is -2.58. The predicted octanol–water partition coefficient (Wildman–Crippen LogP) is 1.84. The summed E-state index contributed by atoms with van der Waals surface area (Å²) >= 11 is 0. The average Bonchev–Trinajstić information content (AvgIpc) is 2.16. The molecular formula is C12H24N2. The molecule has 5 atom stereocenters. The second-order valence-electron chi connectivity index (χ2n) is 5.41. The van der Waals surface area contributed by atoms with Gasteiger partial charge in [0.25, 0.3) is 0 Å². The highest BCUT2D eigenvalue weighted by atomic mass is 15.2. The molecule has 2 nitrogen and oxygen atoms in total. The first-order chi connectivity index (χ1) is 6.61. The maximum Gasteiger partial charge on any atom is 0.0124 e. The molecule has 2 rings (SSSR count). The van der Waals surface area contributed by atoms with Gasteiger partial charge >= 0.3 is 0 Å². The van der Waals surface area contributed by atoms with Gasteiger partial charge < -0.3 is 5.73 Å². The van der Waals surface area contributed by atoms with E-state index in [1.807, 2.05) is 0 Å². The maximum atomic E-state index is 6.10. The summed E-state index contributed by atoms with van der Waals surface area (Å²) in [5, 5.41) is 0. The van der Waals surface area contributed by atoms with Crippen molar-refractivity contribution in [1.82, 2.24) is 4.90 Å². The predicted molar refractivity (Wildman–Crippen MR) is 60.1 cm³/mol. The Morgan fingerprint density at radius 2 is 1.79 bits per heavy atom. The molecule has 82 valence electrons. The van der Waals surface area contributed by atoms with Gasteiger partial charge in [0.2, 0.25) is 0 Å². The largest absolute Gasteiger partial charge is 0.327 e. The summed E-state index contributed by atoms with van der Waals surface area (Å²) in [6.07, 6.45) is 4.02. The van der Waals surface area contributed by atoms with E-state index in [1.54, 1.807) is 0 Å². The van der Waals surface area contributed by atoms with Crippen molar-refractivity contribution in [2.24, 2.45) is 17.6 Å². The molecule has 0 radical (unpaired) electrons. The van der Waals surface area contributed by atoms with Gasteiger partial charge in [0.05, 0.1) is 0 Å². The fraction of sp³-hybridized carbons (Fsp3) is 1.00. The lowest BCUT2D eigenvalue weighted by Gasteiger charge is -2.51. The van der Waals surface area contributed by atoms with Crippen molar-refractivity contribution < 1.29 is 0 Å². The van der Waals surface area contributed by atoms with Crippen molar-refractivity contribution in [2.75, 3.05) is 6.54 Å². The van der Waals surface area contributed by atoms with Gasteiger partial charge in [-0.1, -0.05) is 13.8 Å². The van der Waals surface area contributed by atoms with Gasteiger partial charge in [-0.25, -0.2) is 0 Å². The van der Waals surface area contributed by atoms with E-state index in [-0.39, 0.29) is 0 Å². The SMILES string of the molecule is CC1CCC1N1CCC(N)C(C)C1C. The molecule has 0 spiro atoms. The van der Waals surface area contributed by atoms with Crippen LogP contribution in [0, 0.1) is 11.8 Å². The highest BCUT2D eigenvalue weighted by molar-refractivity contribution is 4.94. The maximum absolute atomic E-state index is 6.10.